The van der Waals surface area contributed by atoms with Gasteiger partial charge in [-0.2, -0.15) is 5.10 Å². The van der Waals surface area contributed by atoms with Crippen molar-refractivity contribution in [2.24, 2.45) is 12.8 Å². The molecule has 3 aromatic rings. The zero-order valence-corrected chi connectivity index (χ0v) is 11.1. The van der Waals surface area contributed by atoms with E-state index < -0.39 is 0 Å². The highest BCUT2D eigenvalue weighted by molar-refractivity contribution is 5.80. The first-order chi connectivity index (χ1) is 9.28. The van der Waals surface area contributed by atoms with Crippen LogP contribution in [0.3, 0.4) is 0 Å². The minimum Gasteiger partial charge on any atom is -0.347 e. The summed E-state index contributed by atoms with van der Waals surface area (Å²) in [6, 6.07) is 10.6. The largest absolute Gasteiger partial charge is 0.347 e. The lowest BCUT2D eigenvalue weighted by Gasteiger charge is -2.06. The molecule has 2 aromatic heterocycles. The van der Waals surface area contributed by atoms with Crippen molar-refractivity contribution in [3.05, 3.63) is 54.0 Å². The topological polar surface area (TPSA) is 48.8 Å². The Morgan fingerprint density at radius 3 is 2.84 bits per heavy atom. The first kappa shape index (κ1) is 12.0. The number of nitrogens with zero attached hydrogens (tertiary/aromatic N) is 3. The predicted molar refractivity (Wildman–Crippen MR) is 76.7 cm³/mol. The van der Waals surface area contributed by atoms with Crippen LogP contribution in [0.25, 0.3) is 10.9 Å². The van der Waals surface area contributed by atoms with Gasteiger partial charge < -0.3 is 10.3 Å². The molecule has 4 heteroatoms. The third kappa shape index (κ3) is 2.27. The van der Waals surface area contributed by atoms with E-state index in [-0.39, 0.29) is 0 Å². The van der Waals surface area contributed by atoms with E-state index in [9.17, 15) is 0 Å². The average molecular weight is 254 g/mol. The van der Waals surface area contributed by atoms with Crippen LogP contribution in [0, 0.1) is 0 Å². The van der Waals surface area contributed by atoms with E-state index >= 15 is 0 Å². The zero-order chi connectivity index (χ0) is 13.2. The van der Waals surface area contributed by atoms with Crippen molar-refractivity contribution in [2.75, 3.05) is 0 Å². The van der Waals surface area contributed by atoms with Gasteiger partial charge in [-0.1, -0.05) is 6.07 Å². The van der Waals surface area contributed by atoms with E-state index in [2.05, 4.69) is 46.2 Å². The quantitative estimate of drug-likeness (QED) is 0.775. The molecule has 0 amide bonds. The van der Waals surface area contributed by atoms with E-state index in [1.807, 2.05) is 17.9 Å². The number of aryl methyl sites for hydroxylation is 3. The number of hydrogen-bond donors (Lipinski definition) is 1. The van der Waals surface area contributed by atoms with E-state index in [1.165, 1.54) is 22.2 Å². The molecule has 0 atom stereocenters. The summed E-state index contributed by atoms with van der Waals surface area (Å²) in [7, 11) is 1.98. The normalized spacial score (nSPS) is 11.3. The number of nitrogens with two attached hydrogens (primary N) is 1. The van der Waals surface area contributed by atoms with Crippen LogP contribution in [0.2, 0.25) is 0 Å². The van der Waals surface area contributed by atoms with Crippen LogP contribution in [0.5, 0.6) is 0 Å². The fraction of sp³-hybridized carbons (Fsp3) is 0.267. The van der Waals surface area contributed by atoms with E-state index in [0.717, 1.165) is 13.0 Å². The van der Waals surface area contributed by atoms with Crippen LogP contribution < -0.4 is 5.73 Å². The lowest BCUT2D eigenvalue weighted by Crippen LogP contribution is -2.04. The van der Waals surface area contributed by atoms with Crippen molar-refractivity contribution < 1.29 is 0 Å². The minimum atomic E-state index is 0.593. The van der Waals surface area contributed by atoms with Crippen molar-refractivity contribution in [1.29, 1.82) is 0 Å². The van der Waals surface area contributed by atoms with Gasteiger partial charge in [-0.25, -0.2) is 0 Å². The first-order valence-electron chi connectivity index (χ1n) is 6.52. The lowest BCUT2D eigenvalue weighted by molar-refractivity contribution is 0.649. The van der Waals surface area contributed by atoms with Gasteiger partial charge in [0.15, 0.2) is 0 Å². The van der Waals surface area contributed by atoms with E-state index in [1.54, 1.807) is 0 Å². The second-order valence-corrected chi connectivity index (χ2v) is 4.80. The van der Waals surface area contributed by atoms with E-state index in [4.69, 9.17) is 5.73 Å². The maximum Gasteiger partial charge on any atom is 0.0492 e. The van der Waals surface area contributed by atoms with Gasteiger partial charge in [-0.3, -0.25) is 4.68 Å². The Morgan fingerprint density at radius 1 is 1.21 bits per heavy atom. The molecule has 0 aliphatic heterocycles. The maximum atomic E-state index is 5.67. The molecule has 0 spiro atoms. The van der Waals surface area contributed by atoms with Crippen molar-refractivity contribution in [1.82, 2.24) is 14.3 Å². The molecule has 0 radical (unpaired) electrons. The summed E-state index contributed by atoms with van der Waals surface area (Å²) in [6.07, 6.45) is 4.97. The van der Waals surface area contributed by atoms with Gasteiger partial charge in [-0.15, -0.1) is 0 Å². The molecule has 2 heterocycles. The Labute approximate surface area is 112 Å². The fourth-order valence-corrected chi connectivity index (χ4v) is 2.45. The van der Waals surface area contributed by atoms with Gasteiger partial charge in [0.1, 0.15) is 0 Å². The Hall–Kier alpha value is -2.07. The SMILES string of the molecule is Cn1nccc1CCn1ccc2cc(CN)ccc21. The molecule has 0 aliphatic rings. The summed E-state index contributed by atoms with van der Waals surface area (Å²) in [6.45, 7) is 1.56. The average Bonchev–Trinajstić information content (AvgIpc) is 3.02. The van der Waals surface area contributed by atoms with Gasteiger partial charge in [0, 0.05) is 50.2 Å². The van der Waals surface area contributed by atoms with Crippen LogP contribution in [0.15, 0.2) is 42.7 Å². The van der Waals surface area contributed by atoms with Gasteiger partial charge >= 0.3 is 0 Å². The molecular weight excluding hydrogens is 236 g/mol. The van der Waals surface area contributed by atoms with Crippen molar-refractivity contribution in [2.45, 2.75) is 19.5 Å². The standard InChI is InChI=1S/C15H18N4/c1-18-14(4-7-17-18)6-9-19-8-5-13-10-12(11-16)2-3-15(13)19/h2-5,7-8,10H,6,9,11,16H2,1H3. The molecule has 3 rings (SSSR count). The summed E-state index contributed by atoms with van der Waals surface area (Å²) >= 11 is 0. The summed E-state index contributed by atoms with van der Waals surface area (Å²) < 4.78 is 4.21. The Balaban J connectivity index is 1.83. The molecule has 2 N–H and O–H groups in total. The molecule has 1 aromatic carbocycles. The smallest absolute Gasteiger partial charge is 0.0492 e. The van der Waals surface area contributed by atoms with Crippen LogP contribution in [0.4, 0.5) is 0 Å². The third-order valence-corrected chi connectivity index (χ3v) is 3.60. The summed E-state index contributed by atoms with van der Waals surface area (Å²) in [4.78, 5) is 0. The first-order valence-corrected chi connectivity index (χ1v) is 6.52. The highest BCUT2D eigenvalue weighted by Crippen LogP contribution is 2.18. The van der Waals surface area contributed by atoms with Crippen LogP contribution >= 0.6 is 0 Å². The summed E-state index contributed by atoms with van der Waals surface area (Å²) in [5.74, 6) is 0. The zero-order valence-electron chi connectivity index (χ0n) is 11.1. The molecule has 0 unspecified atom stereocenters. The molecule has 0 bridgehead atoms. The van der Waals surface area contributed by atoms with Crippen LogP contribution in [0.1, 0.15) is 11.3 Å². The number of rotatable bonds is 4. The number of aromatic nitrogens is 3. The molecule has 0 saturated heterocycles. The number of fused-ring (bicyclic) bond motifs is 1. The van der Waals surface area contributed by atoms with Crippen molar-refractivity contribution in [3.8, 4) is 0 Å². The van der Waals surface area contributed by atoms with Gasteiger partial charge in [0.05, 0.1) is 0 Å². The van der Waals surface area contributed by atoms with Crippen molar-refractivity contribution >= 4 is 10.9 Å². The molecule has 98 valence electrons. The summed E-state index contributed by atoms with van der Waals surface area (Å²) in [5, 5.41) is 5.45. The summed E-state index contributed by atoms with van der Waals surface area (Å²) in [5.41, 5.74) is 9.36. The number of benzene rings is 1. The lowest BCUT2D eigenvalue weighted by atomic mass is 10.1. The minimum absolute atomic E-state index is 0.593. The highest BCUT2D eigenvalue weighted by atomic mass is 15.3. The molecule has 0 aliphatic carbocycles. The molecule has 0 fully saturated rings. The third-order valence-electron chi connectivity index (χ3n) is 3.60. The second kappa shape index (κ2) is 4.90. The highest BCUT2D eigenvalue weighted by Gasteiger charge is 2.03. The van der Waals surface area contributed by atoms with Gasteiger partial charge in [0.2, 0.25) is 0 Å². The van der Waals surface area contributed by atoms with Gasteiger partial charge in [-0.05, 0) is 35.2 Å². The maximum absolute atomic E-state index is 5.67. The Bertz CT molecular complexity index is 693. The second-order valence-electron chi connectivity index (χ2n) is 4.80. The molecular formula is C15H18N4. The monoisotopic (exact) mass is 254 g/mol. The number of hydrogen-bond acceptors (Lipinski definition) is 2. The van der Waals surface area contributed by atoms with E-state index in [0.29, 0.717) is 6.54 Å². The fourth-order valence-electron chi connectivity index (χ4n) is 2.45. The molecule has 0 saturated carbocycles. The van der Waals surface area contributed by atoms with Crippen LogP contribution in [-0.4, -0.2) is 14.3 Å². The van der Waals surface area contributed by atoms with Crippen molar-refractivity contribution in [3.63, 3.8) is 0 Å². The molecule has 4 nitrogen and oxygen atoms in total. The Kier molecular flexibility index (Phi) is 3.09. The predicted octanol–water partition coefficient (Wildman–Crippen LogP) is 2.08. The van der Waals surface area contributed by atoms with Gasteiger partial charge in [0.25, 0.3) is 0 Å². The van der Waals surface area contributed by atoms with Crippen LogP contribution in [-0.2, 0) is 26.6 Å². The molecule has 19 heavy (non-hydrogen) atoms. The Morgan fingerprint density at radius 2 is 2.11 bits per heavy atom.